The largest absolute Gasteiger partial charge is 0.462 e. The van der Waals surface area contributed by atoms with Crippen LogP contribution in [0.4, 0.5) is 11.5 Å². The van der Waals surface area contributed by atoms with Gasteiger partial charge in [-0.3, -0.25) is 4.79 Å². The van der Waals surface area contributed by atoms with E-state index in [1.54, 1.807) is 6.20 Å². The van der Waals surface area contributed by atoms with Gasteiger partial charge < -0.3 is 20.7 Å². The lowest BCUT2D eigenvalue weighted by Crippen LogP contribution is -2.50. The third-order valence-electron chi connectivity index (χ3n) is 2.97. The fourth-order valence-corrected chi connectivity index (χ4v) is 1.89. The third-order valence-corrected chi connectivity index (χ3v) is 2.97. The van der Waals surface area contributed by atoms with Gasteiger partial charge in [0.15, 0.2) is 0 Å². The summed E-state index contributed by atoms with van der Waals surface area (Å²) in [7, 11) is 0. The lowest BCUT2D eigenvalue weighted by molar-refractivity contribution is -0.138. The molecule has 1 aliphatic heterocycles. The monoisotopic (exact) mass is 294 g/mol. The molecule has 1 unspecified atom stereocenters. The van der Waals surface area contributed by atoms with E-state index >= 15 is 0 Å². The molecule has 0 aromatic carbocycles. The van der Waals surface area contributed by atoms with Crippen LogP contribution < -0.4 is 16.0 Å². The number of aromatic nitrogens is 1. The molecule has 1 fully saturated rings. The first kappa shape index (κ1) is 17.2. The van der Waals surface area contributed by atoms with Crippen molar-refractivity contribution in [2.75, 3.05) is 30.3 Å². The van der Waals surface area contributed by atoms with Crippen LogP contribution >= 0.6 is 0 Å². The molecule has 2 rings (SSSR count). The highest BCUT2D eigenvalue weighted by Gasteiger charge is 2.18. The van der Waals surface area contributed by atoms with E-state index in [1.165, 1.54) is 0 Å². The van der Waals surface area contributed by atoms with Crippen LogP contribution in [0.25, 0.3) is 0 Å². The highest BCUT2D eigenvalue weighted by Crippen LogP contribution is 2.16. The first-order chi connectivity index (χ1) is 9.83. The Kier molecular flexibility index (Phi) is 6.42. The molecule has 1 atom stereocenters. The lowest BCUT2D eigenvalue weighted by Gasteiger charge is -2.34. The number of carbonyl (C=O) groups is 1. The Morgan fingerprint density at radius 1 is 1.48 bits per heavy atom. The SMILES string of the molecule is CC(C)(C)OC=O.CC1CNCCN1c1ccc(N)cn1. The molecule has 2 heterocycles. The van der Waals surface area contributed by atoms with Gasteiger partial charge in [0.25, 0.3) is 6.47 Å². The van der Waals surface area contributed by atoms with Gasteiger partial charge in [-0.05, 0) is 39.8 Å². The van der Waals surface area contributed by atoms with Crippen molar-refractivity contribution < 1.29 is 9.53 Å². The van der Waals surface area contributed by atoms with Crippen molar-refractivity contribution in [2.45, 2.75) is 39.3 Å². The van der Waals surface area contributed by atoms with E-state index in [4.69, 9.17) is 5.73 Å². The van der Waals surface area contributed by atoms with Gasteiger partial charge in [-0.15, -0.1) is 0 Å². The Bertz CT molecular complexity index is 428. The number of hydrogen-bond acceptors (Lipinski definition) is 6. The molecule has 0 saturated carbocycles. The summed E-state index contributed by atoms with van der Waals surface area (Å²) in [4.78, 5) is 16.2. The zero-order valence-corrected chi connectivity index (χ0v) is 13.3. The molecule has 1 aromatic heterocycles. The zero-order valence-electron chi connectivity index (χ0n) is 13.3. The van der Waals surface area contributed by atoms with E-state index < -0.39 is 0 Å². The van der Waals surface area contributed by atoms with Crippen LogP contribution in [0, 0.1) is 0 Å². The summed E-state index contributed by atoms with van der Waals surface area (Å²) in [5, 5.41) is 3.35. The van der Waals surface area contributed by atoms with Crippen molar-refractivity contribution >= 4 is 18.0 Å². The zero-order chi connectivity index (χ0) is 15.9. The molecule has 0 amide bonds. The molecular weight excluding hydrogens is 268 g/mol. The van der Waals surface area contributed by atoms with Gasteiger partial charge in [0.05, 0.1) is 11.9 Å². The Hall–Kier alpha value is -1.82. The van der Waals surface area contributed by atoms with Crippen LogP contribution in [0.2, 0.25) is 0 Å². The van der Waals surface area contributed by atoms with E-state index in [0.717, 1.165) is 31.1 Å². The first-order valence-electron chi connectivity index (χ1n) is 7.14. The maximum absolute atomic E-state index is 9.60. The number of nitrogens with one attached hydrogen (secondary N) is 1. The predicted octanol–water partition coefficient (Wildman–Crippen LogP) is 1.42. The number of carbonyl (C=O) groups excluding carboxylic acids is 1. The number of pyridine rings is 1. The molecular formula is C15H26N4O2. The Balaban J connectivity index is 0.000000270. The van der Waals surface area contributed by atoms with Gasteiger partial charge in [-0.1, -0.05) is 0 Å². The Labute approximate surface area is 126 Å². The molecule has 1 saturated heterocycles. The number of piperazine rings is 1. The summed E-state index contributed by atoms with van der Waals surface area (Å²) in [5.41, 5.74) is 6.00. The van der Waals surface area contributed by atoms with Crippen molar-refractivity contribution in [1.29, 1.82) is 0 Å². The van der Waals surface area contributed by atoms with Crippen molar-refractivity contribution in [2.24, 2.45) is 0 Å². The second-order valence-corrected chi connectivity index (χ2v) is 6.02. The fourth-order valence-electron chi connectivity index (χ4n) is 1.89. The summed E-state index contributed by atoms with van der Waals surface area (Å²) in [5.74, 6) is 1.02. The molecule has 1 aromatic rings. The molecule has 0 aliphatic carbocycles. The molecule has 118 valence electrons. The second-order valence-electron chi connectivity index (χ2n) is 6.02. The second kappa shape index (κ2) is 7.83. The van der Waals surface area contributed by atoms with Gasteiger partial charge >= 0.3 is 0 Å². The van der Waals surface area contributed by atoms with Crippen LogP contribution in [-0.2, 0) is 9.53 Å². The minimum atomic E-state index is -0.318. The van der Waals surface area contributed by atoms with E-state index in [2.05, 4.69) is 26.9 Å². The molecule has 6 nitrogen and oxygen atoms in total. The number of nitrogen functional groups attached to an aromatic ring is 1. The molecule has 0 radical (unpaired) electrons. The van der Waals surface area contributed by atoms with Crippen LogP contribution in [-0.4, -0.2) is 42.7 Å². The highest BCUT2D eigenvalue weighted by molar-refractivity contribution is 5.46. The van der Waals surface area contributed by atoms with E-state index in [1.807, 2.05) is 32.9 Å². The van der Waals surface area contributed by atoms with Gasteiger partial charge in [0, 0.05) is 25.7 Å². The molecule has 6 heteroatoms. The van der Waals surface area contributed by atoms with Crippen molar-refractivity contribution in [3.8, 4) is 0 Å². The van der Waals surface area contributed by atoms with Crippen LogP contribution in [0.15, 0.2) is 18.3 Å². The molecule has 0 bridgehead atoms. The first-order valence-corrected chi connectivity index (χ1v) is 7.14. The highest BCUT2D eigenvalue weighted by atomic mass is 16.5. The number of rotatable bonds is 2. The molecule has 3 N–H and O–H groups in total. The van der Waals surface area contributed by atoms with Gasteiger partial charge in [0.2, 0.25) is 0 Å². The average molecular weight is 294 g/mol. The van der Waals surface area contributed by atoms with E-state index in [0.29, 0.717) is 12.5 Å². The maximum atomic E-state index is 9.60. The number of nitrogens with zero attached hydrogens (tertiary/aromatic N) is 2. The number of nitrogens with two attached hydrogens (primary N) is 1. The minimum Gasteiger partial charge on any atom is -0.462 e. The van der Waals surface area contributed by atoms with Crippen LogP contribution in [0.5, 0.6) is 0 Å². The van der Waals surface area contributed by atoms with Gasteiger partial charge in [-0.25, -0.2) is 4.98 Å². The maximum Gasteiger partial charge on any atom is 0.293 e. The third kappa shape index (κ3) is 6.44. The molecule has 1 aliphatic rings. The van der Waals surface area contributed by atoms with Gasteiger partial charge in [-0.2, -0.15) is 0 Å². The standard InChI is InChI=1S/C10H16N4.C5H10O2/c1-8-6-12-4-5-14(8)10-3-2-9(11)7-13-10;1-5(2,3)7-4-6/h2-3,7-8,12H,4-6,11H2,1H3;4H,1-3H3. The smallest absolute Gasteiger partial charge is 0.293 e. The summed E-state index contributed by atoms with van der Waals surface area (Å²) < 4.78 is 4.55. The lowest BCUT2D eigenvalue weighted by atomic mass is 10.2. The average Bonchev–Trinajstić information content (AvgIpc) is 2.40. The van der Waals surface area contributed by atoms with E-state index in [-0.39, 0.29) is 5.60 Å². The minimum absolute atomic E-state index is 0.318. The Morgan fingerprint density at radius 2 is 2.19 bits per heavy atom. The number of ether oxygens (including phenoxy) is 1. The molecule has 0 spiro atoms. The number of anilines is 2. The predicted molar refractivity (Wildman–Crippen MR) is 85.2 cm³/mol. The summed E-state index contributed by atoms with van der Waals surface area (Å²) >= 11 is 0. The summed E-state index contributed by atoms with van der Waals surface area (Å²) in [6, 6.07) is 4.38. The van der Waals surface area contributed by atoms with Crippen LogP contribution in [0.3, 0.4) is 0 Å². The summed E-state index contributed by atoms with van der Waals surface area (Å²) in [6.07, 6.45) is 1.71. The van der Waals surface area contributed by atoms with Crippen LogP contribution in [0.1, 0.15) is 27.7 Å². The van der Waals surface area contributed by atoms with Crippen molar-refractivity contribution in [3.63, 3.8) is 0 Å². The fraction of sp³-hybridized carbons (Fsp3) is 0.600. The quantitative estimate of drug-likeness (QED) is 0.803. The molecule has 21 heavy (non-hydrogen) atoms. The van der Waals surface area contributed by atoms with Gasteiger partial charge in [0.1, 0.15) is 11.4 Å². The Morgan fingerprint density at radius 3 is 2.62 bits per heavy atom. The normalized spacial score (nSPS) is 18.5. The topological polar surface area (TPSA) is 80.5 Å². The summed E-state index contributed by atoms with van der Waals surface area (Å²) in [6.45, 7) is 11.2. The van der Waals surface area contributed by atoms with Crippen molar-refractivity contribution in [1.82, 2.24) is 10.3 Å². The number of hydrogen-bond donors (Lipinski definition) is 2. The van der Waals surface area contributed by atoms with Crippen molar-refractivity contribution in [3.05, 3.63) is 18.3 Å². The van der Waals surface area contributed by atoms with E-state index in [9.17, 15) is 4.79 Å².